The Kier molecular flexibility index (Phi) is 7.53. The van der Waals surface area contributed by atoms with E-state index in [0.717, 1.165) is 55.7 Å². The van der Waals surface area contributed by atoms with Crippen LogP contribution in [0.25, 0.3) is 87.6 Å². The second kappa shape index (κ2) is 13.2. The molecule has 2 heteroatoms. The van der Waals surface area contributed by atoms with Crippen LogP contribution in [0.15, 0.2) is 217 Å². The molecule has 0 amide bonds. The molecule has 0 bridgehead atoms. The van der Waals surface area contributed by atoms with Crippen LogP contribution in [-0.2, 0) is 0 Å². The quantitative estimate of drug-likeness (QED) is 0.160. The van der Waals surface area contributed by atoms with E-state index in [4.69, 9.17) is 4.42 Å². The van der Waals surface area contributed by atoms with E-state index in [1.807, 2.05) is 12.1 Å². The summed E-state index contributed by atoms with van der Waals surface area (Å²) in [6.07, 6.45) is 0. The van der Waals surface area contributed by atoms with Crippen LogP contribution in [0.2, 0.25) is 0 Å². The molecule has 0 aliphatic heterocycles. The molecular weight excluding hydrogens is 679 g/mol. The molecule has 0 fully saturated rings. The molecule has 2 nitrogen and oxygen atoms in total. The third-order valence-electron chi connectivity index (χ3n) is 11.3. The fraction of sp³-hybridized carbons (Fsp3) is 0. The van der Waals surface area contributed by atoms with Crippen molar-refractivity contribution < 1.29 is 4.42 Å². The van der Waals surface area contributed by atoms with Gasteiger partial charge in [-0.15, -0.1) is 0 Å². The largest absolute Gasteiger partial charge is 0.455 e. The van der Waals surface area contributed by atoms with Gasteiger partial charge >= 0.3 is 0 Å². The summed E-state index contributed by atoms with van der Waals surface area (Å²) in [5, 5.41) is 9.72. The van der Waals surface area contributed by atoms with Gasteiger partial charge in [-0.1, -0.05) is 170 Å². The highest BCUT2D eigenvalue weighted by Crippen LogP contribution is 2.43. The Morgan fingerprint density at radius 3 is 1.55 bits per heavy atom. The molecule has 0 spiro atoms. The zero-order chi connectivity index (χ0) is 37.0. The average Bonchev–Trinajstić information content (AvgIpc) is 3.66. The molecule has 262 valence electrons. The number of rotatable bonds is 6. The lowest BCUT2D eigenvalue weighted by Gasteiger charge is -2.28. The van der Waals surface area contributed by atoms with E-state index in [9.17, 15) is 0 Å². The van der Waals surface area contributed by atoms with Crippen LogP contribution < -0.4 is 4.90 Å². The van der Waals surface area contributed by atoms with Gasteiger partial charge in [0.05, 0.1) is 5.69 Å². The van der Waals surface area contributed by atoms with Crippen molar-refractivity contribution >= 4 is 71.3 Å². The van der Waals surface area contributed by atoms with Crippen LogP contribution in [0.4, 0.5) is 17.1 Å². The molecule has 0 radical (unpaired) electrons. The van der Waals surface area contributed by atoms with Gasteiger partial charge in [-0.3, -0.25) is 0 Å². The fourth-order valence-corrected chi connectivity index (χ4v) is 8.44. The molecule has 0 N–H and O–H groups in total. The van der Waals surface area contributed by atoms with E-state index >= 15 is 0 Å². The van der Waals surface area contributed by atoms with Crippen LogP contribution in [0.3, 0.4) is 0 Å². The summed E-state index contributed by atoms with van der Waals surface area (Å²) in [6, 6.07) is 76.5. The van der Waals surface area contributed by atoms with E-state index in [2.05, 4.69) is 205 Å². The number of nitrogens with zero attached hydrogens (tertiary/aromatic N) is 1. The highest BCUT2D eigenvalue weighted by Gasteiger charge is 2.18. The Bertz CT molecular complexity index is 3230. The predicted octanol–water partition coefficient (Wildman–Crippen LogP) is 15.5. The second-order valence-corrected chi connectivity index (χ2v) is 14.5. The Morgan fingerprint density at radius 1 is 0.304 bits per heavy atom. The van der Waals surface area contributed by atoms with Crippen molar-refractivity contribution in [3.8, 4) is 33.4 Å². The average molecular weight is 714 g/mol. The Morgan fingerprint density at radius 2 is 0.821 bits per heavy atom. The maximum atomic E-state index is 6.35. The number of benzene rings is 10. The highest BCUT2D eigenvalue weighted by molar-refractivity contribution is 6.14. The molecule has 11 aromatic rings. The fourth-order valence-electron chi connectivity index (χ4n) is 8.44. The minimum Gasteiger partial charge on any atom is -0.455 e. The third kappa shape index (κ3) is 5.42. The highest BCUT2D eigenvalue weighted by atomic mass is 16.3. The first-order valence-corrected chi connectivity index (χ1v) is 19.2. The van der Waals surface area contributed by atoms with Crippen LogP contribution in [-0.4, -0.2) is 0 Å². The molecule has 0 aliphatic rings. The molecule has 56 heavy (non-hydrogen) atoms. The minimum atomic E-state index is 0.915. The van der Waals surface area contributed by atoms with Crippen molar-refractivity contribution in [1.82, 2.24) is 0 Å². The van der Waals surface area contributed by atoms with Crippen molar-refractivity contribution in [2.24, 2.45) is 0 Å². The number of fused-ring (bicyclic) bond motifs is 7. The maximum absolute atomic E-state index is 6.35. The van der Waals surface area contributed by atoms with Gasteiger partial charge in [0, 0.05) is 33.1 Å². The topological polar surface area (TPSA) is 16.4 Å². The normalized spacial score (nSPS) is 11.6. The van der Waals surface area contributed by atoms with Gasteiger partial charge < -0.3 is 9.32 Å². The molecule has 0 unspecified atom stereocenters. The third-order valence-corrected chi connectivity index (χ3v) is 11.3. The lowest BCUT2D eigenvalue weighted by atomic mass is 9.97. The van der Waals surface area contributed by atoms with Gasteiger partial charge in [0.15, 0.2) is 0 Å². The maximum Gasteiger partial charge on any atom is 0.143 e. The molecule has 11 rings (SSSR count). The molecule has 0 saturated carbocycles. The zero-order valence-corrected chi connectivity index (χ0v) is 30.6. The molecule has 0 aliphatic carbocycles. The summed E-state index contributed by atoms with van der Waals surface area (Å²) in [6.45, 7) is 0. The summed E-state index contributed by atoms with van der Waals surface area (Å²) < 4.78 is 6.35. The van der Waals surface area contributed by atoms with Gasteiger partial charge in [0.2, 0.25) is 0 Å². The van der Waals surface area contributed by atoms with Gasteiger partial charge in [-0.25, -0.2) is 0 Å². The van der Waals surface area contributed by atoms with E-state index in [-0.39, 0.29) is 0 Å². The van der Waals surface area contributed by atoms with Gasteiger partial charge in [-0.05, 0) is 97.2 Å². The number of furan rings is 1. The summed E-state index contributed by atoms with van der Waals surface area (Å²) in [5.41, 5.74) is 12.2. The SMILES string of the molecule is c1ccc2cc(-c3ccc(N(c4ccc(-c5ccc(-c6cccc7c6oc6ccccc67)cc5)cc4)c4cc5ccccc5c5ccccc45)cc3)ccc2c1. The van der Waals surface area contributed by atoms with Gasteiger partial charge in [0.25, 0.3) is 0 Å². The lowest BCUT2D eigenvalue weighted by Crippen LogP contribution is -2.10. The summed E-state index contributed by atoms with van der Waals surface area (Å²) in [5.74, 6) is 0. The number of para-hydroxylation sites is 2. The smallest absolute Gasteiger partial charge is 0.143 e. The van der Waals surface area contributed by atoms with Crippen molar-refractivity contribution in [2.45, 2.75) is 0 Å². The van der Waals surface area contributed by atoms with Crippen molar-refractivity contribution in [1.29, 1.82) is 0 Å². The number of anilines is 3. The standard InChI is InChI=1S/C54H35NO/c1-2-11-41-34-42(25-22-36(41)10-1)39-28-32-45(33-29-39)55(52-35-43-12-3-4-13-46(43)48-14-5-6-15-49(48)52)44-30-26-38(27-31-44)37-20-23-40(24-21-37)47-17-9-18-51-50-16-7-8-19-53(50)56-54(47)51/h1-35H. The number of hydrogen-bond acceptors (Lipinski definition) is 2. The summed E-state index contributed by atoms with van der Waals surface area (Å²) in [7, 11) is 0. The second-order valence-electron chi connectivity index (χ2n) is 14.5. The van der Waals surface area contributed by atoms with Gasteiger partial charge in [0.1, 0.15) is 11.2 Å². The number of hydrogen-bond donors (Lipinski definition) is 0. The van der Waals surface area contributed by atoms with E-state index in [1.54, 1.807) is 0 Å². The van der Waals surface area contributed by atoms with E-state index in [0.29, 0.717) is 0 Å². The molecule has 10 aromatic carbocycles. The predicted molar refractivity (Wildman–Crippen MR) is 237 cm³/mol. The van der Waals surface area contributed by atoms with E-state index < -0.39 is 0 Å². The first-order chi connectivity index (χ1) is 27.7. The summed E-state index contributed by atoms with van der Waals surface area (Å²) in [4.78, 5) is 2.40. The van der Waals surface area contributed by atoms with Crippen LogP contribution >= 0.6 is 0 Å². The first kappa shape index (κ1) is 32.0. The lowest BCUT2D eigenvalue weighted by molar-refractivity contribution is 0.670. The Hall–Kier alpha value is -7.42. The monoisotopic (exact) mass is 713 g/mol. The van der Waals surface area contributed by atoms with Crippen molar-refractivity contribution in [3.63, 3.8) is 0 Å². The molecule has 1 heterocycles. The zero-order valence-electron chi connectivity index (χ0n) is 30.6. The molecule has 0 saturated heterocycles. The van der Waals surface area contributed by atoms with Crippen LogP contribution in [0.5, 0.6) is 0 Å². The first-order valence-electron chi connectivity index (χ1n) is 19.2. The van der Waals surface area contributed by atoms with Crippen molar-refractivity contribution in [3.05, 3.63) is 212 Å². The van der Waals surface area contributed by atoms with Crippen LogP contribution in [0, 0.1) is 0 Å². The van der Waals surface area contributed by atoms with Gasteiger partial charge in [-0.2, -0.15) is 0 Å². The molecular formula is C54H35NO. The summed E-state index contributed by atoms with van der Waals surface area (Å²) >= 11 is 0. The van der Waals surface area contributed by atoms with Crippen LogP contribution in [0.1, 0.15) is 0 Å². The van der Waals surface area contributed by atoms with Crippen molar-refractivity contribution in [2.75, 3.05) is 4.90 Å². The molecule has 1 aromatic heterocycles. The molecule has 0 atom stereocenters. The Labute approximate surface area is 325 Å². The van der Waals surface area contributed by atoms with E-state index in [1.165, 1.54) is 49.0 Å². The minimum absolute atomic E-state index is 0.915. The Balaban J connectivity index is 0.985.